The molecule has 0 aliphatic rings. The Kier molecular flexibility index (Phi) is 5.15. The van der Waals surface area contributed by atoms with Gasteiger partial charge in [-0.25, -0.2) is 15.0 Å². The summed E-state index contributed by atoms with van der Waals surface area (Å²) in [6.45, 7) is 0. The van der Waals surface area contributed by atoms with Gasteiger partial charge >= 0.3 is 12.1 Å². The van der Waals surface area contributed by atoms with Crippen molar-refractivity contribution in [3.63, 3.8) is 0 Å². The van der Waals surface area contributed by atoms with Gasteiger partial charge in [0.05, 0.1) is 5.56 Å². The lowest BCUT2D eigenvalue weighted by Crippen LogP contribution is -2.45. The van der Waals surface area contributed by atoms with Gasteiger partial charge in [-0.1, -0.05) is 12.1 Å². The van der Waals surface area contributed by atoms with Crippen LogP contribution in [0.15, 0.2) is 24.3 Å². The monoisotopic (exact) mass is 266 g/mol. The van der Waals surface area contributed by atoms with Crippen molar-refractivity contribution in [2.75, 3.05) is 14.1 Å². The van der Waals surface area contributed by atoms with Crippen LogP contribution < -0.4 is 26.2 Å². The fourth-order valence-corrected chi connectivity index (χ4v) is 1.14. The first-order valence-corrected chi connectivity index (χ1v) is 5.35. The van der Waals surface area contributed by atoms with Crippen molar-refractivity contribution in [2.45, 2.75) is 0 Å². The van der Waals surface area contributed by atoms with Gasteiger partial charge in [0.1, 0.15) is 5.75 Å². The normalized spacial score (nSPS) is 9.16. The number of ether oxygens (including phenoxy) is 1. The molecule has 0 spiro atoms. The Balaban J connectivity index is 2.78. The van der Waals surface area contributed by atoms with Gasteiger partial charge in [-0.15, -0.1) is 0 Å². The lowest BCUT2D eigenvalue weighted by atomic mass is 10.2. The van der Waals surface area contributed by atoms with Crippen molar-refractivity contribution in [1.29, 1.82) is 0 Å². The summed E-state index contributed by atoms with van der Waals surface area (Å²) in [5.41, 5.74) is 4.40. The Bertz CT molecular complexity index is 489. The highest BCUT2D eigenvalue weighted by Crippen LogP contribution is 2.17. The van der Waals surface area contributed by atoms with E-state index in [0.717, 1.165) is 0 Å². The molecule has 8 heteroatoms. The van der Waals surface area contributed by atoms with Crippen molar-refractivity contribution < 1.29 is 19.1 Å². The predicted octanol–water partition coefficient (Wildman–Crippen LogP) is -0.0214. The zero-order valence-electron chi connectivity index (χ0n) is 10.4. The van der Waals surface area contributed by atoms with Gasteiger partial charge in [0.15, 0.2) is 0 Å². The Labute approximate surface area is 109 Å². The molecule has 0 heterocycles. The molecule has 8 nitrogen and oxygen atoms in total. The molecule has 0 saturated heterocycles. The molecule has 0 atom stereocenters. The van der Waals surface area contributed by atoms with Gasteiger partial charge < -0.3 is 15.4 Å². The van der Waals surface area contributed by atoms with Gasteiger partial charge in [0.2, 0.25) is 0 Å². The molecule has 0 radical (unpaired) electrons. The summed E-state index contributed by atoms with van der Waals surface area (Å²) in [6.07, 6.45) is -0.695. The molecular formula is C11H14N4O4. The highest BCUT2D eigenvalue weighted by Gasteiger charge is 2.14. The summed E-state index contributed by atoms with van der Waals surface area (Å²) in [5.74, 6) is -0.527. The molecule has 1 aromatic carbocycles. The maximum Gasteiger partial charge on any atom is 0.412 e. The van der Waals surface area contributed by atoms with Crippen LogP contribution >= 0.6 is 0 Å². The second-order valence-electron chi connectivity index (χ2n) is 3.29. The van der Waals surface area contributed by atoms with Crippen LogP contribution in [0.2, 0.25) is 0 Å². The summed E-state index contributed by atoms with van der Waals surface area (Å²) >= 11 is 0. The van der Waals surface area contributed by atoms with E-state index in [2.05, 4.69) is 21.5 Å². The number of carbonyl (C=O) groups is 3. The second kappa shape index (κ2) is 6.84. The number of hydrazine groups is 1. The standard InChI is InChI=1S/C11H14N4O4/c1-12-10(17)15-14-9(16)7-5-3-4-6-8(7)19-11(18)13-2/h3-6H,1-2H3,(H,13,18)(H,14,16)(H2,12,15,17). The van der Waals surface area contributed by atoms with E-state index in [1.807, 2.05) is 0 Å². The van der Waals surface area contributed by atoms with Crippen LogP contribution in [0.25, 0.3) is 0 Å². The predicted molar refractivity (Wildman–Crippen MR) is 66.6 cm³/mol. The largest absolute Gasteiger partial charge is 0.412 e. The molecule has 0 unspecified atom stereocenters. The Morgan fingerprint density at radius 3 is 2.32 bits per heavy atom. The molecule has 0 bridgehead atoms. The lowest BCUT2D eigenvalue weighted by Gasteiger charge is -2.10. The van der Waals surface area contributed by atoms with E-state index in [4.69, 9.17) is 4.74 Å². The SMILES string of the molecule is CNC(=O)NNC(=O)c1ccccc1OC(=O)NC. The summed E-state index contributed by atoms with van der Waals surface area (Å²) < 4.78 is 4.91. The molecule has 4 N–H and O–H groups in total. The molecule has 1 rings (SSSR count). The van der Waals surface area contributed by atoms with Crippen LogP contribution in [0.1, 0.15) is 10.4 Å². The molecule has 1 aromatic rings. The molecule has 4 amide bonds. The van der Waals surface area contributed by atoms with Crippen molar-refractivity contribution in [3.05, 3.63) is 29.8 Å². The second-order valence-corrected chi connectivity index (χ2v) is 3.29. The quantitative estimate of drug-likeness (QED) is 0.564. The van der Waals surface area contributed by atoms with E-state index in [1.54, 1.807) is 12.1 Å². The highest BCUT2D eigenvalue weighted by molar-refractivity contribution is 5.98. The molecule has 19 heavy (non-hydrogen) atoms. The summed E-state index contributed by atoms with van der Waals surface area (Å²) in [5, 5.41) is 4.53. The number of para-hydroxylation sites is 1. The van der Waals surface area contributed by atoms with E-state index in [-0.39, 0.29) is 11.3 Å². The van der Waals surface area contributed by atoms with Gasteiger partial charge in [-0.05, 0) is 12.1 Å². The fraction of sp³-hybridized carbons (Fsp3) is 0.182. The summed E-state index contributed by atoms with van der Waals surface area (Å²) in [7, 11) is 2.81. The first-order valence-electron chi connectivity index (χ1n) is 5.35. The Morgan fingerprint density at radius 2 is 1.68 bits per heavy atom. The Hall–Kier alpha value is -2.77. The van der Waals surface area contributed by atoms with Crippen LogP contribution in [-0.4, -0.2) is 32.1 Å². The van der Waals surface area contributed by atoms with E-state index in [9.17, 15) is 14.4 Å². The van der Waals surface area contributed by atoms with Crippen molar-refractivity contribution in [2.24, 2.45) is 0 Å². The first-order chi connectivity index (χ1) is 9.08. The number of amides is 4. The minimum atomic E-state index is -0.695. The van der Waals surface area contributed by atoms with Gasteiger partial charge in [0.25, 0.3) is 5.91 Å². The van der Waals surface area contributed by atoms with Crippen molar-refractivity contribution in [3.8, 4) is 5.75 Å². The maximum atomic E-state index is 11.8. The first kappa shape index (κ1) is 14.3. The molecular weight excluding hydrogens is 252 g/mol. The molecule has 0 aromatic heterocycles. The van der Waals surface area contributed by atoms with Crippen molar-refractivity contribution in [1.82, 2.24) is 21.5 Å². The van der Waals surface area contributed by atoms with E-state index >= 15 is 0 Å². The van der Waals surface area contributed by atoms with E-state index in [0.29, 0.717) is 0 Å². The van der Waals surface area contributed by atoms with Crippen LogP contribution in [-0.2, 0) is 0 Å². The molecule has 102 valence electrons. The topological polar surface area (TPSA) is 109 Å². The van der Waals surface area contributed by atoms with Crippen LogP contribution in [0.3, 0.4) is 0 Å². The number of carbonyl (C=O) groups excluding carboxylic acids is 3. The molecule has 0 fully saturated rings. The minimum Gasteiger partial charge on any atom is -0.410 e. The maximum absolute atomic E-state index is 11.8. The average Bonchev–Trinajstić information content (AvgIpc) is 2.44. The number of hydrogen-bond acceptors (Lipinski definition) is 4. The Morgan fingerprint density at radius 1 is 1.00 bits per heavy atom. The van der Waals surface area contributed by atoms with Gasteiger partial charge in [-0.3, -0.25) is 10.2 Å². The zero-order valence-corrected chi connectivity index (χ0v) is 10.4. The number of benzene rings is 1. The van der Waals surface area contributed by atoms with Gasteiger partial charge in [0, 0.05) is 14.1 Å². The van der Waals surface area contributed by atoms with Crippen LogP contribution in [0, 0.1) is 0 Å². The fourth-order valence-electron chi connectivity index (χ4n) is 1.14. The van der Waals surface area contributed by atoms with E-state index in [1.165, 1.54) is 26.2 Å². The number of hydrogen-bond donors (Lipinski definition) is 4. The van der Waals surface area contributed by atoms with Crippen molar-refractivity contribution >= 4 is 18.0 Å². The van der Waals surface area contributed by atoms with Crippen LogP contribution in [0.4, 0.5) is 9.59 Å². The lowest BCUT2D eigenvalue weighted by molar-refractivity contribution is 0.0934. The summed E-state index contributed by atoms with van der Waals surface area (Å²) in [6, 6.07) is 5.56. The van der Waals surface area contributed by atoms with Gasteiger partial charge in [-0.2, -0.15) is 0 Å². The summed E-state index contributed by atoms with van der Waals surface area (Å²) in [4.78, 5) is 33.8. The highest BCUT2D eigenvalue weighted by atomic mass is 16.6. The van der Waals surface area contributed by atoms with E-state index < -0.39 is 18.0 Å². The third kappa shape index (κ3) is 4.19. The number of nitrogens with one attached hydrogen (secondary N) is 4. The number of urea groups is 1. The number of rotatable bonds is 2. The molecule has 0 saturated carbocycles. The third-order valence-electron chi connectivity index (χ3n) is 2.06. The third-order valence-corrected chi connectivity index (χ3v) is 2.06. The molecule has 0 aliphatic carbocycles. The average molecular weight is 266 g/mol. The van der Waals surface area contributed by atoms with Crippen LogP contribution in [0.5, 0.6) is 5.75 Å². The minimum absolute atomic E-state index is 0.0815. The zero-order chi connectivity index (χ0) is 14.3. The smallest absolute Gasteiger partial charge is 0.410 e. The molecule has 0 aliphatic heterocycles.